The number of imide groups is 1. The van der Waals surface area contributed by atoms with Crippen LogP contribution in [0.3, 0.4) is 0 Å². The van der Waals surface area contributed by atoms with Gasteiger partial charge in [-0.2, -0.15) is 4.90 Å². The van der Waals surface area contributed by atoms with Crippen molar-refractivity contribution in [2.45, 2.75) is 110 Å². The van der Waals surface area contributed by atoms with Crippen LogP contribution in [0.4, 0.5) is 20.2 Å². The molecule has 13 nitrogen and oxygen atoms in total. The second kappa shape index (κ2) is 13.0. The maximum Gasteiger partial charge on any atom is 0.425 e. The molecule has 4 amide bonds. The Morgan fingerprint density at radius 1 is 0.816 bits per heavy atom. The van der Waals surface area contributed by atoms with Gasteiger partial charge in [0.25, 0.3) is 5.91 Å². The molecule has 2 atom stereocenters. The molecular formula is C36H48N6O7. The molecule has 0 radical (unpaired) electrons. The van der Waals surface area contributed by atoms with Crippen LogP contribution in [0, 0.1) is 0 Å². The van der Waals surface area contributed by atoms with Crippen LogP contribution in [0.25, 0.3) is 22.2 Å². The highest BCUT2D eigenvalue weighted by molar-refractivity contribution is 6.16. The Balaban J connectivity index is 1.67. The summed E-state index contributed by atoms with van der Waals surface area (Å²) in [6.07, 6.45) is 1.43. The van der Waals surface area contributed by atoms with E-state index in [-0.39, 0.29) is 23.7 Å². The van der Waals surface area contributed by atoms with Gasteiger partial charge in [-0.25, -0.2) is 24.4 Å². The molecule has 0 spiro atoms. The predicted octanol–water partition coefficient (Wildman–Crippen LogP) is 6.93. The van der Waals surface area contributed by atoms with Gasteiger partial charge in [-0.3, -0.25) is 4.79 Å². The number of rotatable bonds is 5. The number of ether oxygens (including phenoxy) is 3. The van der Waals surface area contributed by atoms with E-state index in [1.165, 1.54) is 6.33 Å². The lowest BCUT2D eigenvalue weighted by molar-refractivity contribution is 0.0426. The number of carbonyl (C=O) groups excluding carboxylic acids is 4. The van der Waals surface area contributed by atoms with Crippen LogP contribution in [0.2, 0.25) is 0 Å². The fourth-order valence-electron chi connectivity index (χ4n) is 6.01. The Labute approximate surface area is 287 Å². The van der Waals surface area contributed by atoms with Gasteiger partial charge < -0.3 is 29.0 Å². The van der Waals surface area contributed by atoms with Gasteiger partial charge in [0.05, 0.1) is 5.39 Å². The Bertz CT molecular complexity index is 1730. The summed E-state index contributed by atoms with van der Waals surface area (Å²) < 4.78 is 18.8. The first-order valence-corrected chi connectivity index (χ1v) is 16.7. The van der Waals surface area contributed by atoms with E-state index in [1.807, 2.05) is 28.6 Å². The van der Waals surface area contributed by atoms with Crippen molar-refractivity contribution in [1.82, 2.24) is 24.8 Å². The highest BCUT2D eigenvalue weighted by Gasteiger charge is 2.45. The summed E-state index contributed by atoms with van der Waals surface area (Å²) in [6.45, 7) is 17.1. The lowest BCUT2D eigenvalue weighted by Gasteiger charge is -2.28. The summed E-state index contributed by atoms with van der Waals surface area (Å²) in [6, 6.07) is 7.03. The maximum atomic E-state index is 13.8. The lowest BCUT2D eigenvalue weighted by Crippen LogP contribution is -2.44. The summed E-state index contributed by atoms with van der Waals surface area (Å²) in [5.74, 6) is -0.201. The van der Waals surface area contributed by atoms with Crippen LogP contribution in [0.15, 0.2) is 30.6 Å². The fourth-order valence-corrected chi connectivity index (χ4v) is 6.01. The second-order valence-corrected chi connectivity index (χ2v) is 15.7. The van der Waals surface area contributed by atoms with Gasteiger partial charge in [0.2, 0.25) is 0 Å². The molecule has 3 aromatic rings. The van der Waals surface area contributed by atoms with Gasteiger partial charge >= 0.3 is 18.3 Å². The Hall–Kier alpha value is -4.68. The predicted molar refractivity (Wildman–Crippen MR) is 185 cm³/mol. The zero-order valence-electron chi connectivity index (χ0n) is 30.2. The van der Waals surface area contributed by atoms with Crippen molar-refractivity contribution in [2.24, 2.45) is 7.05 Å². The molecule has 1 N–H and O–H groups in total. The molecule has 2 fully saturated rings. The monoisotopic (exact) mass is 676 g/mol. The van der Waals surface area contributed by atoms with Crippen LogP contribution in [-0.4, -0.2) is 79.6 Å². The number of carbonyl (C=O) groups is 4. The topological polar surface area (TPSA) is 145 Å². The highest BCUT2D eigenvalue weighted by atomic mass is 16.6. The average molecular weight is 677 g/mol. The van der Waals surface area contributed by atoms with E-state index in [0.29, 0.717) is 34.1 Å². The normalized spacial score (nSPS) is 17.9. The molecule has 13 heteroatoms. The Kier molecular flexibility index (Phi) is 9.43. The molecule has 1 saturated carbocycles. The summed E-state index contributed by atoms with van der Waals surface area (Å²) in [7, 11) is 1.84. The Morgan fingerprint density at radius 3 is 1.90 bits per heavy atom. The first-order valence-electron chi connectivity index (χ1n) is 16.7. The third kappa shape index (κ3) is 8.14. The molecule has 2 aromatic heterocycles. The first kappa shape index (κ1) is 35.6. The molecule has 1 aromatic carbocycles. The van der Waals surface area contributed by atoms with Gasteiger partial charge in [-0.1, -0.05) is 12.1 Å². The van der Waals surface area contributed by atoms with Crippen molar-refractivity contribution in [3.63, 3.8) is 0 Å². The van der Waals surface area contributed by atoms with Crippen LogP contribution in [0.5, 0.6) is 0 Å². The highest BCUT2D eigenvalue weighted by Crippen LogP contribution is 2.50. The lowest BCUT2D eigenvalue weighted by atomic mass is 9.98. The van der Waals surface area contributed by atoms with Gasteiger partial charge in [0, 0.05) is 48.9 Å². The SMILES string of the molecule is Cn1c(C2CC2NC(=O)OC(C)(C)C)c(-c2ccc(C(=O)N3CCCC3)cc2)c2c(N(C(=O)OC(C)(C)C)C(=O)OC(C)(C)C)ncnc21. The van der Waals surface area contributed by atoms with Crippen LogP contribution in [-0.2, 0) is 21.3 Å². The summed E-state index contributed by atoms with van der Waals surface area (Å²) >= 11 is 0. The van der Waals surface area contributed by atoms with Gasteiger partial charge in [0.1, 0.15) is 28.8 Å². The third-order valence-corrected chi connectivity index (χ3v) is 8.01. The number of hydrogen-bond acceptors (Lipinski definition) is 9. The van der Waals surface area contributed by atoms with Crippen molar-refractivity contribution in [3.8, 4) is 11.1 Å². The van der Waals surface area contributed by atoms with Gasteiger partial charge in [0.15, 0.2) is 5.82 Å². The van der Waals surface area contributed by atoms with E-state index in [2.05, 4.69) is 15.3 Å². The summed E-state index contributed by atoms with van der Waals surface area (Å²) in [5, 5.41) is 3.39. The van der Waals surface area contributed by atoms with Crippen molar-refractivity contribution < 1.29 is 33.4 Å². The molecule has 264 valence electrons. The molecule has 49 heavy (non-hydrogen) atoms. The minimum absolute atomic E-state index is 0.0140. The minimum Gasteiger partial charge on any atom is -0.444 e. The molecule has 3 heterocycles. The number of hydrogen-bond donors (Lipinski definition) is 1. The van der Waals surface area contributed by atoms with Crippen LogP contribution >= 0.6 is 0 Å². The molecule has 2 aliphatic rings. The molecule has 1 aliphatic carbocycles. The van der Waals surface area contributed by atoms with E-state index in [9.17, 15) is 19.2 Å². The first-order chi connectivity index (χ1) is 22.7. The van der Waals surface area contributed by atoms with Crippen molar-refractivity contribution in [1.29, 1.82) is 0 Å². The zero-order valence-corrected chi connectivity index (χ0v) is 30.2. The minimum atomic E-state index is -0.958. The number of alkyl carbamates (subject to hydrolysis) is 1. The smallest absolute Gasteiger partial charge is 0.425 e. The van der Waals surface area contributed by atoms with Crippen LogP contribution < -0.4 is 10.2 Å². The third-order valence-electron chi connectivity index (χ3n) is 8.01. The largest absolute Gasteiger partial charge is 0.444 e. The van der Waals surface area contributed by atoms with Gasteiger partial charge in [-0.15, -0.1) is 0 Å². The number of aryl methyl sites for hydroxylation is 1. The van der Waals surface area contributed by atoms with E-state index < -0.39 is 35.1 Å². The standard InChI is InChI=1S/C36H48N6O7/c1-34(2,3)47-31(44)39-24-19-23(24)27-25(21-13-15-22(16-14-21)30(43)41-17-11-12-18-41)26-28(40(27)10)37-20-38-29(26)42(32(45)48-35(4,5)6)33(46)49-36(7,8)9/h13-16,20,23-24H,11-12,17-19H2,1-10H3,(H,39,44). The number of likely N-dealkylation sites (tertiary alicyclic amines) is 1. The van der Waals surface area contributed by atoms with Gasteiger partial charge in [-0.05, 0) is 99.3 Å². The quantitative estimate of drug-likeness (QED) is 0.284. The second-order valence-electron chi connectivity index (χ2n) is 15.7. The molecule has 1 saturated heterocycles. The fraction of sp³-hybridized carbons (Fsp3) is 0.556. The molecule has 1 aliphatic heterocycles. The van der Waals surface area contributed by atoms with E-state index in [0.717, 1.165) is 36.5 Å². The number of fused-ring (bicyclic) bond motifs is 1. The number of benzene rings is 1. The van der Waals surface area contributed by atoms with E-state index >= 15 is 0 Å². The summed E-state index contributed by atoms with van der Waals surface area (Å²) in [4.78, 5) is 65.2. The number of amides is 4. The average Bonchev–Trinajstić information content (AvgIpc) is 3.35. The van der Waals surface area contributed by atoms with E-state index in [1.54, 1.807) is 74.4 Å². The van der Waals surface area contributed by atoms with Crippen molar-refractivity contribution in [2.75, 3.05) is 18.0 Å². The summed E-state index contributed by atoms with van der Waals surface area (Å²) in [5.41, 5.74) is 0.668. The number of anilines is 1. The number of aromatic nitrogens is 3. The van der Waals surface area contributed by atoms with Crippen molar-refractivity contribution >= 4 is 41.0 Å². The van der Waals surface area contributed by atoms with Crippen molar-refractivity contribution in [3.05, 3.63) is 41.9 Å². The molecule has 0 bridgehead atoms. The maximum absolute atomic E-state index is 13.8. The molecule has 2 unspecified atom stereocenters. The Morgan fingerprint density at radius 2 is 1.37 bits per heavy atom. The molecular weight excluding hydrogens is 628 g/mol. The van der Waals surface area contributed by atoms with Crippen LogP contribution in [0.1, 0.15) is 104 Å². The zero-order chi connectivity index (χ0) is 36.1. The molecule has 5 rings (SSSR count). The number of nitrogens with one attached hydrogen (secondary N) is 1. The van der Waals surface area contributed by atoms with E-state index in [4.69, 9.17) is 14.2 Å². The number of nitrogens with zero attached hydrogens (tertiary/aromatic N) is 5.